The van der Waals surface area contributed by atoms with Crippen LogP contribution in [0, 0.1) is 5.92 Å². The number of hydrogen-bond donors (Lipinski definition) is 1. The molecule has 5 heteroatoms. The Morgan fingerprint density at radius 3 is 2.74 bits per heavy atom. The van der Waals surface area contributed by atoms with Gasteiger partial charge in [0.1, 0.15) is 0 Å². The molecule has 2 atom stereocenters. The van der Waals surface area contributed by atoms with E-state index in [0.29, 0.717) is 28.6 Å². The van der Waals surface area contributed by atoms with Crippen molar-refractivity contribution < 1.29 is 8.78 Å². The smallest absolute Gasteiger partial charge is 0.288 e. The number of benzene rings is 1. The van der Waals surface area contributed by atoms with Gasteiger partial charge in [-0.3, -0.25) is 0 Å². The number of hydrogen-bond acceptors (Lipinski definition) is 3. The SMILES string of the molecule is CNC1CCN(c2ccccc2SC(F)F)CC1C. The predicted octanol–water partition coefficient (Wildman–Crippen LogP) is 3.44. The third-order valence-electron chi connectivity index (χ3n) is 3.70. The van der Waals surface area contributed by atoms with Gasteiger partial charge in [0.05, 0.1) is 5.69 Å². The molecule has 19 heavy (non-hydrogen) atoms. The Kier molecular flexibility index (Phi) is 5.05. The van der Waals surface area contributed by atoms with Gasteiger partial charge in [0.25, 0.3) is 5.76 Å². The van der Waals surface area contributed by atoms with Crippen molar-refractivity contribution in [3.8, 4) is 0 Å². The van der Waals surface area contributed by atoms with Crippen LogP contribution in [0.4, 0.5) is 14.5 Å². The molecule has 0 bridgehead atoms. The fourth-order valence-electron chi connectivity index (χ4n) is 2.71. The lowest BCUT2D eigenvalue weighted by Gasteiger charge is -2.38. The van der Waals surface area contributed by atoms with E-state index in [1.807, 2.05) is 25.2 Å². The molecule has 2 unspecified atom stereocenters. The van der Waals surface area contributed by atoms with Gasteiger partial charge in [-0.15, -0.1) is 0 Å². The van der Waals surface area contributed by atoms with E-state index in [2.05, 4.69) is 17.1 Å². The lowest BCUT2D eigenvalue weighted by atomic mass is 9.93. The molecule has 0 radical (unpaired) electrons. The van der Waals surface area contributed by atoms with E-state index in [9.17, 15) is 8.78 Å². The predicted molar refractivity (Wildman–Crippen MR) is 77.1 cm³/mol. The second kappa shape index (κ2) is 6.57. The normalized spacial score (nSPS) is 23.9. The molecular weight excluding hydrogens is 266 g/mol. The maximum Gasteiger partial charge on any atom is 0.288 e. The second-order valence-corrected chi connectivity index (χ2v) is 5.99. The van der Waals surface area contributed by atoms with Crippen LogP contribution in [0.1, 0.15) is 13.3 Å². The molecule has 0 amide bonds. The van der Waals surface area contributed by atoms with Crippen LogP contribution in [-0.4, -0.2) is 31.9 Å². The number of piperidine rings is 1. The lowest BCUT2D eigenvalue weighted by molar-refractivity contribution is 0.252. The molecular formula is C14H20F2N2S. The first-order valence-corrected chi connectivity index (χ1v) is 7.46. The first-order chi connectivity index (χ1) is 9.11. The van der Waals surface area contributed by atoms with Crippen LogP contribution >= 0.6 is 11.8 Å². The standard InChI is InChI=1S/C14H20F2N2S/c1-10-9-18(8-7-11(10)17-2)12-5-3-4-6-13(12)19-14(15)16/h3-6,10-11,14,17H,7-9H2,1-2H3. The van der Waals surface area contributed by atoms with Crippen molar-refractivity contribution in [3.05, 3.63) is 24.3 Å². The van der Waals surface area contributed by atoms with E-state index in [1.54, 1.807) is 6.07 Å². The highest BCUT2D eigenvalue weighted by Crippen LogP contribution is 2.35. The Bertz CT molecular complexity index is 414. The van der Waals surface area contributed by atoms with Crippen LogP contribution in [0.2, 0.25) is 0 Å². The monoisotopic (exact) mass is 286 g/mol. The Morgan fingerprint density at radius 2 is 2.11 bits per heavy atom. The van der Waals surface area contributed by atoms with Crippen molar-refractivity contribution in [3.63, 3.8) is 0 Å². The zero-order valence-corrected chi connectivity index (χ0v) is 12.1. The van der Waals surface area contributed by atoms with Crippen LogP contribution < -0.4 is 10.2 Å². The van der Waals surface area contributed by atoms with E-state index in [4.69, 9.17) is 0 Å². The molecule has 1 aliphatic heterocycles. The number of nitrogens with one attached hydrogen (secondary N) is 1. The summed E-state index contributed by atoms with van der Waals surface area (Å²) in [5.74, 6) is -1.85. The van der Waals surface area contributed by atoms with Crippen molar-refractivity contribution in [2.24, 2.45) is 5.92 Å². The van der Waals surface area contributed by atoms with E-state index >= 15 is 0 Å². The van der Waals surface area contributed by atoms with E-state index in [-0.39, 0.29) is 0 Å². The summed E-state index contributed by atoms with van der Waals surface area (Å²) in [6.45, 7) is 4.03. The Labute approximate surface area is 117 Å². The molecule has 1 saturated heterocycles. The van der Waals surface area contributed by atoms with E-state index in [0.717, 1.165) is 25.2 Å². The fourth-order valence-corrected chi connectivity index (χ4v) is 3.37. The number of nitrogens with zero attached hydrogens (tertiary/aromatic N) is 1. The molecule has 2 nitrogen and oxygen atoms in total. The van der Waals surface area contributed by atoms with Gasteiger partial charge in [0, 0.05) is 24.0 Å². The van der Waals surface area contributed by atoms with Crippen molar-refractivity contribution >= 4 is 17.4 Å². The molecule has 0 aromatic heterocycles. The number of anilines is 1. The van der Waals surface area contributed by atoms with Crippen LogP contribution in [0.5, 0.6) is 0 Å². The number of para-hydroxylation sites is 1. The molecule has 1 N–H and O–H groups in total. The maximum atomic E-state index is 12.6. The third kappa shape index (κ3) is 3.60. The van der Waals surface area contributed by atoms with Crippen molar-refractivity contribution in [2.45, 2.75) is 30.0 Å². The van der Waals surface area contributed by atoms with Crippen LogP contribution in [-0.2, 0) is 0 Å². The van der Waals surface area contributed by atoms with Gasteiger partial charge in [-0.1, -0.05) is 30.8 Å². The maximum absolute atomic E-state index is 12.6. The van der Waals surface area contributed by atoms with Crippen LogP contribution in [0.25, 0.3) is 0 Å². The second-order valence-electron chi connectivity index (χ2n) is 4.95. The van der Waals surface area contributed by atoms with Crippen molar-refractivity contribution in [1.82, 2.24) is 5.32 Å². The zero-order chi connectivity index (χ0) is 13.8. The van der Waals surface area contributed by atoms with Gasteiger partial charge in [-0.25, -0.2) is 0 Å². The number of alkyl halides is 2. The summed E-state index contributed by atoms with van der Waals surface area (Å²) in [5.41, 5.74) is 0.939. The van der Waals surface area contributed by atoms with Gasteiger partial charge in [-0.2, -0.15) is 8.78 Å². The number of thioether (sulfide) groups is 1. The number of rotatable bonds is 4. The summed E-state index contributed by atoms with van der Waals surface area (Å²) in [5, 5.41) is 3.32. The molecule has 0 saturated carbocycles. The number of halogens is 2. The molecule has 2 rings (SSSR count). The zero-order valence-electron chi connectivity index (χ0n) is 11.3. The lowest BCUT2D eigenvalue weighted by Crippen LogP contribution is -2.47. The first-order valence-electron chi connectivity index (χ1n) is 6.58. The fraction of sp³-hybridized carbons (Fsp3) is 0.571. The van der Waals surface area contributed by atoms with Gasteiger partial charge < -0.3 is 10.2 Å². The summed E-state index contributed by atoms with van der Waals surface area (Å²) in [6, 6.07) is 7.97. The minimum absolute atomic E-state index is 0.517. The summed E-state index contributed by atoms with van der Waals surface area (Å²) in [4.78, 5) is 2.90. The van der Waals surface area contributed by atoms with Crippen molar-refractivity contribution in [2.75, 3.05) is 25.0 Å². The third-order valence-corrected chi connectivity index (χ3v) is 4.48. The molecule has 1 fully saturated rings. The molecule has 0 aliphatic carbocycles. The first kappa shape index (κ1) is 14.6. The Hall–Kier alpha value is -0.810. The summed E-state index contributed by atoms with van der Waals surface area (Å²) in [6.07, 6.45) is 1.05. The highest BCUT2D eigenvalue weighted by atomic mass is 32.2. The highest BCUT2D eigenvalue weighted by Gasteiger charge is 2.26. The van der Waals surface area contributed by atoms with E-state index in [1.165, 1.54) is 0 Å². The molecule has 1 aromatic carbocycles. The van der Waals surface area contributed by atoms with Gasteiger partial charge in [0.2, 0.25) is 0 Å². The molecule has 0 spiro atoms. The highest BCUT2D eigenvalue weighted by molar-refractivity contribution is 7.99. The largest absolute Gasteiger partial charge is 0.370 e. The van der Waals surface area contributed by atoms with Crippen LogP contribution in [0.15, 0.2) is 29.2 Å². The summed E-state index contributed by atoms with van der Waals surface area (Å²) in [7, 11) is 1.98. The molecule has 106 valence electrons. The van der Waals surface area contributed by atoms with Gasteiger partial charge in [0.15, 0.2) is 0 Å². The van der Waals surface area contributed by atoms with Gasteiger partial charge >= 0.3 is 0 Å². The van der Waals surface area contributed by atoms with Crippen molar-refractivity contribution in [1.29, 1.82) is 0 Å². The summed E-state index contributed by atoms with van der Waals surface area (Å²) < 4.78 is 25.2. The van der Waals surface area contributed by atoms with Gasteiger partial charge in [-0.05, 0) is 31.5 Å². The van der Waals surface area contributed by atoms with Crippen LogP contribution in [0.3, 0.4) is 0 Å². The summed E-state index contributed by atoms with van der Waals surface area (Å²) >= 11 is 0.636. The molecule has 1 aliphatic rings. The minimum Gasteiger partial charge on any atom is -0.370 e. The van der Waals surface area contributed by atoms with E-state index < -0.39 is 5.76 Å². The Balaban J connectivity index is 2.14. The average Bonchev–Trinajstić information content (AvgIpc) is 2.38. The minimum atomic E-state index is -2.37. The molecule has 1 heterocycles. The topological polar surface area (TPSA) is 15.3 Å². The average molecular weight is 286 g/mol. The molecule has 1 aromatic rings. The quantitative estimate of drug-likeness (QED) is 0.854. The Morgan fingerprint density at radius 1 is 1.37 bits per heavy atom.